The van der Waals surface area contributed by atoms with Gasteiger partial charge in [0.2, 0.25) is 0 Å². The molecule has 0 saturated carbocycles. The molecule has 0 aliphatic heterocycles. The van der Waals surface area contributed by atoms with E-state index in [2.05, 4.69) is 32.6 Å². The number of para-hydroxylation sites is 1. The number of nitrogens with zero attached hydrogens (tertiary/aromatic N) is 3. The zero-order valence-corrected chi connectivity index (χ0v) is 16.3. The summed E-state index contributed by atoms with van der Waals surface area (Å²) in [5, 5.41) is 13.0. The van der Waals surface area contributed by atoms with E-state index in [0.29, 0.717) is 17.9 Å². The van der Waals surface area contributed by atoms with Gasteiger partial charge in [-0.2, -0.15) is 9.90 Å². The average molecular weight is 373 g/mol. The Hall–Kier alpha value is -3.41. The Balaban J connectivity index is 1.46. The SMILES string of the molecule is Cc1ccc(-n2nc(C)c(C(=O)NCCc3c[nH]c4ccccc34)n2)c(C)c1. The first-order valence-corrected chi connectivity index (χ1v) is 9.37. The smallest absolute Gasteiger partial charge is 0.273 e. The van der Waals surface area contributed by atoms with Crippen LogP contribution in [0.4, 0.5) is 0 Å². The fourth-order valence-electron chi connectivity index (χ4n) is 3.46. The Labute approximate surface area is 163 Å². The summed E-state index contributed by atoms with van der Waals surface area (Å²) >= 11 is 0. The number of amides is 1. The highest BCUT2D eigenvalue weighted by Gasteiger charge is 2.17. The van der Waals surface area contributed by atoms with Crippen LogP contribution in [0.3, 0.4) is 0 Å². The van der Waals surface area contributed by atoms with Gasteiger partial charge in [-0.3, -0.25) is 4.79 Å². The van der Waals surface area contributed by atoms with Crippen LogP contribution in [-0.2, 0) is 6.42 Å². The first-order valence-electron chi connectivity index (χ1n) is 9.37. The van der Waals surface area contributed by atoms with E-state index in [1.54, 1.807) is 4.80 Å². The summed E-state index contributed by atoms with van der Waals surface area (Å²) < 4.78 is 0. The number of hydrogen-bond acceptors (Lipinski definition) is 3. The second-order valence-electron chi connectivity index (χ2n) is 7.08. The lowest BCUT2D eigenvalue weighted by Gasteiger charge is -2.05. The van der Waals surface area contributed by atoms with E-state index in [1.807, 2.05) is 57.3 Å². The molecule has 0 bridgehead atoms. The molecule has 0 fully saturated rings. The average Bonchev–Trinajstić information content (AvgIpc) is 3.25. The molecule has 4 rings (SSSR count). The summed E-state index contributed by atoms with van der Waals surface area (Å²) in [6.45, 7) is 6.41. The number of fused-ring (bicyclic) bond motifs is 1. The van der Waals surface area contributed by atoms with Crippen LogP contribution in [0.5, 0.6) is 0 Å². The highest BCUT2D eigenvalue weighted by molar-refractivity contribution is 5.93. The molecule has 2 aromatic heterocycles. The zero-order valence-electron chi connectivity index (χ0n) is 16.3. The van der Waals surface area contributed by atoms with Crippen LogP contribution >= 0.6 is 0 Å². The van der Waals surface area contributed by atoms with Crippen molar-refractivity contribution in [2.75, 3.05) is 6.54 Å². The van der Waals surface area contributed by atoms with Gasteiger partial charge in [-0.05, 0) is 50.5 Å². The van der Waals surface area contributed by atoms with Crippen molar-refractivity contribution in [1.82, 2.24) is 25.3 Å². The molecule has 0 aliphatic carbocycles. The molecule has 0 saturated heterocycles. The largest absolute Gasteiger partial charge is 0.361 e. The van der Waals surface area contributed by atoms with Gasteiger partial charge in [0, 0.05) is 23.6 Å². The van der Waals surface area contributed by atoms with E-state index < -0.39 is 0 Å². The Morgan fingerprint density at radius 3 is 2.75 bits per heavy atom. The number of aryl methyl sites for hydroxylation is 3. The van der Waals surface area contributed by atoms with Gasteiger partial charge >= 0.3 is 0 Å². The van der Waals surface area contributed by atoms with Gasteiger partial charge < -0.3 is 10.3 Å². The highest BCUT2D eigenvalue weighted by atomic mass is 16.2. The van der Waals surface area contributed by atoms with Crippen LogP contribution in [0.2, 0.25) is 0 Å². The predicted octanol–water partition coefficient (Wildman–Crippen LogP) is 3.65. The third kappa shape index (κ3) is 3.41. The molecule has 6 nitrogen and oxygen atoms in total. The van der Waals surface area contributed by atoms with E-state index in [-0.39, 0.29) is 5.91 Å². The summed E-state index contributed by atoms with van der Waals surface area (Å²) in [4.78, 5) is 17.4. The topological polar surface area (TPSA) is 75.6 Å². The van der Waals surface area contributed by atoms with Crippen molar-refractivity contribution in [2.24, 2.45) is 0 Å². The van der Waals surface area contributed by atoms with Crippen LogP contribution in [0.25, 0.3) is 16.6 Å². The number of aromatic nitrogens is 4. The fraction of sp³-hybridized carbons (Fsp3) is 0.227. The molecule has 4 aromatic rings. The molecule has 142 valence electrons. The van der Waals surface area contributed by atoms with E-state index in [4.69, 9.17) is 0 Å². The van der Waals surface area contributed by atoms with E-state index in [9.17, 15) is 4.79 Å². The van der Waals surface area contributed by atoms with Gasteiger partial charge in [0.25, 0.3) is 5.91 Å². The number of nitrogens with one attached hydrogen (secondary N) is 2. The molecule has 0 aliphatic rings. The first-order chi connectivity index (χ1) is 13.5. The minimum absolute atomic E-state index is 0.201. The monoisotopic (exact) mass is 373 g/mol. The number of hydrogen-bond donors (Lipinski definition) is 2. The predicted molar refractivity (Wildman–Crippen MR) is 110 cm³/mol. The Morgan fingerprint density at radius 2 is 1.93 bits per heavy atom. The molecule has 2 heterocycles. The van der Waals surface area contributed by atoms with Crippen molar-refractivity contribution in [3.8, 4) is 5.69 Å². The van der Waals surface area contributed by atoms with Gasteiger partial charge in [-0.1, -0.05) is 35.9 Å². The van der Waals surface area contributed by atoms with E-state index in [0.717, 1.165) is 23.2 Å². The molecule has 28 heavy (non-hydrogen) atoms. The lowest BCUT2D eigenvalue weighted by molar-refractivity contribution is 0.0948. The minimum Gasteiger partial charge on any atom is -0.361 e. The van der Waals surface area contributed by atoms with Crippen molar-refractivity contribution < 1.29 is 4.79 Å². The molecule has 0 spiro atoms. The number of carbonyl (C=O) groups is 1. The summed E-state index contributed by atoms with van der Waals surface area (Å²) in [6, 6.07) is 14.2. The van der Waals surface area contributed by atoms with Gasteiger partial charge in [0.1, 0.15) is 0 Å². The second-order valence-corrected chi connectivity index (χ2v) is 7.08. The molecule has 0 atom stereocenters. The summed E-state index contributed by atoms with van der Waals surface area (Å²) in [5.74, 6) is -0.201. The summed E-state index contributed by atoms with van der Waals surface area (Å²) in [5.41, 5.74) is 6.40. The van der Waals surface area contributed by atoms with Crippen LogP contribution in [-0.4, -0.2) is 32.4 Å². The number of carbonyl (C=O) groups excluding carboxylic acids is 1. The lowest BCUT2D eigenvalue weighted by atomic mass is 10.1. The number of aromatic amines is 1. The molecular formula is C22H23N5O. The normalized spacial score (nSPS) is 11.1. The summed E-state index contributed by atoms with van der Waals surface area (Å²) in [6.07, 6.45) is 2.75. The fourth-order valence-corrected chi connectivity index (χ4v) is 3.46. The van der Waals surface area contributed by atoms with Crippen molar-refractivity contribution >= 4 is 16.8 Å². The standard InChI is InChI=1S/C22H23N5O/c1-14-8-9-20(15(2)12-14)27-25-16(3)21(26-27)22(28)23-11-10-17-13-24-19-7-5-4-6-18(17)19/h4-9,12-13,24H,10-11H2,1-3H3,(H,23,28). The van der Waals surface area contributed by atoms with Crippen molar-refractivity contribution in [3.63, 3.8) is 0 Å². The molecule has 1 amide bonds. The van der Waals surface area contributed by atoms with Crippen LogP contribution in [0.15, 0.2) is 48.7 Å². The van der Waals surface area contributed by atoms with E-state index in [1.165, 1.54) is 16.5 Å². The van der Waals surface area contributed by atoms with Gasteiger partial charge in [0.05, 0.1) is 11.4 Å². The highest BCUT2D eigenvalue weighted by Crippen LogP contribution is 2.18. The lowest BCUT2D eigenvalue weighted by Crippen LogP contribution is -2.26. The Bertz CT molecular complexity index is 1150. The van der Waals surface area contributed by atoms with Crippen LogP contribution in [0, 0.1) is 20.8 Å². The van der Waals surface area contributed by atoms with E-state index >= 15 is 0 Å². The van der Waals surface area contributed by atoms with Crippen molar-refractivity contribution in [2.45, 2.75) is 27.2 Å². The van der Waals surface area contributed by atoms with Crippen LogP contribution < -0.4 is 5.32 Å². The summed E-state index contributed by atoms with van der Waals surface area (Å²) in [7, 11) is 0. The van der Waals surface area contributed by atoms with Crippen LogP contribution in [0.1, 0.15) is 32.9 Å². The maximum Gasteiger partial charge on any atom is 0.273 e. The molecule has 0 radical (unpaired) electrons. The molecule has 2 N–H and O–H groups in total. The third-order valence-electron chi connectivity index (χ3n) is 4.92. The molecule has 6 heteroatoms. The Kier molecular flexibility index (Phi) is 4.69. The number of rotatable bonds is 5. The number of H-pyrrole nitrogens is 1. The maximum absolute atomic E-state index is 12.6. The minimum atomic E-state index is -0.201. The van der Waals surface area contributed by atoms with Gasteiger partial charge in [0.15, 0.2) is 5.69 Å². The molecule has 0 unspecified atom stereocenters. The number of benzene rings is 2. The zero-order chi connectivity index (χ0) is 19.7. The quantitative estimate of drug-likeness (QED) is 0.561. The first kappa shape index (κ1) is 18.0. The third-order valence-corrected chi connectivity index (χ3v) is 4.92. The van der Waals surface area contributed by atoms with Crippen molar-refractivity contribution in [3.05, 3.63) is 76.7 Å². The molecule has 2 aromatic carbocycles. The maximum atomic E-state index is 12.6. The van der Waals surface area contributed by atoms with Gasteiger partial charge in [-0.25, -0.2) is 0 Å². The Morgan fingerprint density at radius 1 is 1.11 bits per heavy atom. The van der Waals surface area contributed by atoms with Crippen molar-refractivity contribution in [1.29, 1.82) is 0 Å². The molecular weight excluding hydrogens is 350 g/mol. The van der Waals surface area contributed by atoms with Gasteiger partial charge in [-0.15, -0.1) is 5.10 Å². The second kappa shape index (κ2) is 7.31.